The van der Waals surface area contributed by atoms with Crippen LogP contribution < -0.4 is 20.3 Å². The topological polar surface area (TPSA) is 99.9 Å². The van der Waals surface area contributed by atoms with Crippen LogP contribution in [0.25, 0.3) is 16.8 Å². The Bertz CT molecular complexity index is 1590. The Hall–Kier alpha value is -4.44. The molecule has 4 aromatic rings. The van der Waals surface area contributed by atoms with Gasteiger partial charge in [-0.05, 0) is 69.1 Å². The summed E-state index contributed by atoms with van der Waals surface area (Å²) < 4.78 is 7.62. The molecule has 1 aromatic carbocycles. The quantitative estimate of drug-likeness (QED) is 0.283. The SMILES string of the molecule is C=CC(=O)Nc1cc(Nc2nccc(-c3cnn4ccccc34)n2)c(OC)cc1N(C)C12CC(CN(C)C)(C1)C2. The van der Waals surface area contributed by atoms with Crippen LogP contribution in [0.1, 0.15) is 19.3 Å². The van der Waals surface area contributed by atoms with Gasteiger partial charge in [0.25, 0.3) is 0 Å². The second-order valence-electron chi connectivity index (χ2n) is 11.3. The van der Waals surface area contributed by atoms with Crippen molar-refractivity contribution < 1.29 is 9.53 Å². The van der Waals surface area contributed by atoms with Gasteiger partial charge in [-0.3, -0.25) is 4.79 Å². The first-order valence-electron chi connectivity index (χ1n) is 13.3. The molecule has 3 heterocycles. The molecular formula is C30H34N8O2. The van der Waals surface area contributed by atoms with Crippen molar-refractivity contribution in [3.8, 4) is 17.0 Å². The predicted octanol–water partition coefficient (Wildman–Crippen LogP) is 4.59. The minimum atomic E-state index is -0.279. The smallest absolute Gasteiger partial charge is 0.247 e. The number of nitrogens with zero attached hydrogens (tertiary/aromatic N) is 6. The van der Waals surface area contributed by atoms with Crippen molar-refractivity contribution >= 4 is 34.4 Å². The van der Waals surface area contributed by atoms with Gasteiger partial charge in [0.15, 0.2) is 0 Å². The highest BCUT2D eigenvalue weighted by atomic mass is 16.5. The van der Waals surface area contributed by atoms with Crippen LogP contribution in [0.15, 0.2) is 67.6 Å². The van der Waals surface area contributed by atoms with Crippen LogP contribution in [0, 0.1) is 5.41 Å². The standard InChI is InChI=1S/C30H34N8O2/c1-6-27(39)33-22-13-23(26(40-5)14-25(22)37(4)30-16-29(17-30,18-30)19-36(2)3)35-28-31-11-10-21(34-28)20-15-32-38-12-8-7-9-24(20)38/h6-15H,1,16-19H2,2-5H3,(H,33,39)(H,31,34,35). The maximum absolute atomic E-state index is 12.4. The lowest BCUT2D eigenvalue weighted by Gasteiger charge is -2.74. The van der Waals surface area contributed by atoms with E-state index >= 15 is 0 Å². The van der Waals surface area contributed by atoms with E-state index in [1.807, 2.05) is 47.1 Å². The number of fused-ring (bicyclic) bond motifs is 1. The first kappa shape index (κ1) is 25.8. The monoisotopic (exact) mass is 538 g/mol. The second kappa shape index (κ2) is 9.63. The Morgan fingerprint density at radius 1 is 1.18 bits per heavy atom. The zero-order valence-corrected chi connectivity index (χ0v) is 23.3. The fraction of sp³-hybridized carbons (Fsp3) is 0.333. The number of pyridine rings is 1. The highest BCUT2D eigenvalue weighted by Gasteiger charge is 2.69. The van der Waals surface area contributed by atoms with E-state index in [0.717, 1.165) is 48.3 Å². The third-order valence-corrected chi connectivity index (χ3v) is 8.20. The molecular weight excluding hydrogens is 504 g/mol. The van der Waals surface area contributed by atoms with Gasteiger partial charge in [0.1, 0.15) is 5.75 Å². The predicted molar refractivity (Wildman–Crippen MR) is 157 cm³/mol. The van der Waals surface area contributed by atoms with Gasteiger partial charge >= 0.3 is 0 Å². The molecule has 3 aliphatic rings. The van der Waals surface area contributed by atoms with Gasteiger partial charge in [-0.1, -0.05) is 12.6 Å². The molecule has 0 spiro atoms. The van der Waals surface area contributed by atoms with Crippen LogP contribution in [0.2, 0.25) is 0 Å². The summed E-state index contributed by atoms with van der Waals surface area (Å²) in [5, 5.41) is 10.7. The fourth-order valence-electron chi connectivity index (χ4n) is 6.61. The van der Waals surface area contributed by atoms with E-state index in [2.05, 4.69) is 58.2 Å². The third-order valence-electron chi connectivity index (χ3n) is 8.20. The Kier molecular flexibility index (Phi) is 6.22. The summed E-state index contributed by atoms with van der Waals surface area (Å²) in [6.07, 6.45) is 10.1. The van der Waals surface area contributed by atoms with Crippen LogP contribution in [-0.4, -0.2) is 70.7 Å². The molecule has 2 N–H and O–H groups in total. The summed E-state index contributed by atoms with van der Waals surface area (Å²) in [5.41, 5.74) is 5.29. The first-order valence-corrected chi connectivity index (χ1v) is 13.3. The van der Waals surface area contributed by atoms with Crippen LogP contribution >= 0.6 is 0 Å². The number of carbonyl (C=O) groups is 1. The number of methoxy groups -OCH3 is 1. The molecule has 3 fully saturated rings. The third kappa shape index (κ3) is 4.34. The largest absolute Gasteiger partial charge is 0.494 e. The van der Waals surface area contributed by atoms with Crippen molar-refractivity contribution in [2.75, 3.05) is 50.3 Å². The van der Waals surface area contributed by atoms with Gasteiger partial charge in [0.2, 0.25) is 11.9 Å². The van der Waals surface area contributed by atoms with Crippen molar-refractivity contribution in [3.63, 3.8) is 0 Å². The average molecular weight is 539 g/mol. The summed E-state index contributed by atoms with van der Waals surface area (Å²) in [6, 6.07) is 11.6. The van der Waals surface area contributed by atoms with Crippen LogP contribution in [0.4, 0.5) is 23.0 Å². The Morgan fingerprint density at radius 3 is 2.70 bits per heavy atom. The van der Waals surface area contributed by atoms with Gasteiger partial charge in [0.05, 0.1) is 41.6 Å². The maximum atomic E-state index is 12.4. The molecule has 7 rings (SSSR count). The molecule has 40 heavy (non-hydrogen) atoms. The number of nitrogens with one attached hydrogen (secondary N) is 2. The van der Waals surface area contributed by atoms with Gasteiger partial charge < -0.3 is 25.2 Å². The zero-order valence-electron chi connectivity index (χ0n) is 23.3. The zero-order chi connectivity index (χ0) is 28.1. The molecule has 206 valence electrons. The molecule has 2 bridgehead atoms. The normalized spacial score (nSPS) is 20.9. The lowest BCUT2D eigenvalue weighted by Crippen LogP contribution is -2.76. The van der Waals surface area contributed by atoms with E-state index < -0.39 is 0 Å². The fourth-order valence-corrected chi connectivity index (χ4v) is 6.61. The van der Waals surface area contributed by atoms with E-state index in [-0.39, 0.29) is 11.4 Å². The van der Waals surface area contributed by atoms with E-state index in [9.17, 15) is 4.79 Å². The highest BCUT2D eigenvalue weighted by molar-refractivity contribution is 6.02. The van der Waals surface area contributed by atoms with Crippen molar-refractivity contribution in [1.29, 1.82) is 0 Å². The van der Waals surface area contributed by atoms with Crippen molar-refractivity contribution in [3.05, 3.63) is 67.6 Å². The minimum Gasteiger partial charge on any atom is -0.494 e. The van der Waals surface area contributed by atoms with Crippen LogP contribution in [-0.2, 0) is 4.79 Å². The molecule has 0 unspecified atom stereocenters. The number of aromatic nitrogens is 4. The second-order valence-corrected chi connectivity index (χ2v) is 11.3. The molecule has 3 saturated carbocycles. The number of anilines is 4. The van der Waals surface area contributed by atoms with E-state index in [1.54, 1.807) is 19.5 Å². The van der Waals surface area contributed by atoms with Crippen LogP contribution in [0.5, 0.6) is 5.75 Å². The molecule has 0 aliphatic heterocycles. The summed E-state index contributed by atoms with van der Waals surface area (Å²) in [5.74, 6) is 0.745. The molecule has 0 atom stereocenters. The maximum Gasteiger partial charge on any atom is 0.247 e. The summed E-state index contributed by atoms with van der Waals surface area (Å²) in [7, 11) is 8.00. The molecule has 10 heteroatoms. The van der Waals surface area contributed by atoms with Gasteiger partial charge in [-0.25, -0.2) is 14.5 Å². The lowest BCUT2D eigenvalue weighted by molar-refractivity contribution is -0.143. The number of carbonyl (C=O) groups excluding carboxylic acids is 1. The molecule has 1 amide bonds. The Labute approximate surface area is 233 Å². The highest BCUT2D eigenvalue weighted by Crippen LogP contribution is 2.70. The van der Waals surface area contributed by atoms with E-state index in [0.29, 0.717) is 28.5 Å². The van der Waals surface area contributed by atoms with E-state index in [1.165, 1.54) is 6.08 Å². The number of amides is 1. The number of ether oxygens (including phenoxy) is 1. The van der Waals surface area contributed by atoms with Gasteiger partial charge in [-0.15, -0.1) is 0 Å². The minimum absolute atomic E-state index is 0.0927. The number of benzene rings is 1. The summed E-state index contributed by atoms with van der Waals surface area (Å²) in [6.45, 7) is 4.73. The first-order chi connectivity index (χ1) is 19.2. The number of hydrogen-bond donors (Lipinski definition) is 2. The Morgan fingerprint density at radius 2 is 1.98 bits per heavy atom. The number of hydrogen-bond acceptors (Lipinski definition) is 8. The van der Waals surface area contributed by atoms with Gasteiger partial charge in [-0.2, -0.15) is 5.10 Å². The lowest BCUT2D eigenvalue weighted by atomic mass is 9.38. The molecule has 3 aliphatic carbocycles. The summed E-state index contributed by atoms with van der Waals surface area (Å²) in [4.78, 5) is 26.2. The molecule has 10 nitrogen and oxygen atoms in total. The molecule has 0 radical (unpaired) electrons. The van der Waals surface area contributed by atoms with Crippen molar-refractivity contribution in [2.45, 2.75) is 24.8 Å². The Balaban J connectivity index is 1.31. The summed E-state index contributed by atoms with van der Waals surface area (Å²) >= 11 is 0. The average Bonchev–Trinajstić information content (AvgIpc) is 3.34. The van der Waals surface area contributed by atoms with Crippen molar-refractivity contribution in [2.24, 2.45) is 5.41 Å². The van der Waals surface area contributed by atoms with Gasteiger partial charge in [0, 0.05) is 43.2 Å². The number of rotatable bonds is 10. The van der Waals surface area contributed by atoms with E-state index in [4.69, 9.17) is 9.72 Å². The van der Waals surface area contributed by atoms with Crippen molar-refractivity contribution in [1.82, 2.24) is 24.5 Å². The molecule has 3 aromatic heterocycles. The van der Waals surface area contributed by atoms with Crippen LogP contribution in [0.3, 0.4) is 0 Å². The molecule has 0 saturated heterocycles.